The van der Waals surface area contributed by atoms with Gasteiger partial charge in [-0.2, -0.15) is 0 Å². The van der Waals surface area contributed by atoms with Crippen molar-refractivity contribution in [1.29, 1.82) is 0 Å². The van der Waals surface area contributed by atoms with Gasteiger partial charge in [-0.1, -0.05) is 159 Å². The van der Waals surface area contributed by atoms with E-state index in [1.807, 2.05) is 47.1 Å². The van der Waals surface area contributed by atoms with Crippen LogP contribution in [0.2, 0.25) is 0 Å². The zero-order valence-corrected chi connectivity index (χ0v) is 31.0. The van der Waals surface area contributed by atoms with E-state index in [1.165, 1.54) is 0 Å². The average molecular weight is 723 g/mol. The standard InChI is InChI=1S/C47H42N6O2/c1-3-4-24-44-48-43-30-29-36(33(2)54)31-42(43)46(55)52(44)32-34-25-27-35(28-26-34)40-22-14-15-23-41(40)45-49-50-51-53(45)47(37-16-8-5-9-17-37,38-18-10-6-11-19-38)39-20-12-7-13-21-39/h5-23,25-31,33,54H,3-4,24,32H2,1-2H3. The van der Waals surface area contributed by atoms with E-state index in [-0.39, 0.29) is 5.56 Å². The molecule has 0 saturated carbocycles. The van der Waals surface area contributed by atoms with Crippen LogP contribution in [0.4, 0.5) is 0 Å². The third kappa shape index (κ3) is 6.66. The van der Waals surface area contributed by atoms with Crippen LogP contribution in [0.15, 0.2) is 163 Å². The van der Waals surface area contributed by atoms with E-state index in [2.05, 4.69) is 121 Å². The largest absolute Gasteiger partial charge is 0.389 e. The van der Waals surface area contributed by atoms with Crippen LogP contribution in [0.3, 0.4) is 0 Å². The number of aryl methyl sites for hydroxylation is 1. The van der Waals surface area contributed by atoms with Gasteiger partial charge in [0.1, 0.15) is 11.4 Å². The molecule has 0 spiro atoms. The number of tetrazole rings is 1. The minimum atomic E-state index is -0.883. The molecule has 6 aromatic carbocycles. The van der Waals surface area contributed by atoms with Crippen molar-refractivity contribution in [3.63, 3.8) is 0 Å². The van der Waals surface area contributed by atoms with Gasteiger partial charge in [0.2, 0.25) is 0 Å². The van der Waals surface area contributed by atoms with E-state index in [4.69, 9.17) is 15.3 Å². The summed E-state index contributed by atoms with van der Waals surface area (Å²) in [6.07, 6.45) is 1.95. The highest BCUT2D eigenvalue weighted by molar-refractivity contribution is 5.81. The van der Waals surface area contributed by atoms with Gasteiger partial charge in [0.05, 0.1) is 23.6 Å². The lowest BCUT2D eigenvalue weighted by atomic mass is 9.77. The fourth-order valence-electron chi connectivity index (χ4n) is 7.62. The van der Waals surface area contributed by atoms with Crippen LogP contribution in [0.25, 0.3) is 33.4 Å². The Morgan fingerprint density at radius 2 is 1.29 bits per heavy atom. The van der Waals surface area contributed by atoms with Gasteiger partial charge < -0.3 is 5.11 Å². The van der Waals surface area contributed by atoms with E-state index >= 15 is 0 Å². The van der Waals surface area contributed by atoms with Gasteiger partial charge in [0.15, 0.2) is 5.82 Å². The third-order valence-corrected chi connectivity index (χ3v) is 10.4. The molecular formula is C47H42N6O2. The molecule has 8 aromatic rings. The summed E-state index contributed by atoms with van der Waals surface area (Å²) in [6.45, 7) is 4.22. The first-order valence-corrected chi connectivity index (χ1v) is 18.8. The van der Waals surface area contributed by atoms with Crippen LogP contribution in [-0.2, 0) is 18.5 Å². The molecule has 0 aliphatic carbocycles. The summed E-state index contributed by atoms with van der Waals surface area (Å²) in [5, 5.41) is 24.5. The Labute approximate surface area is 320 Å². The number of hydrogen-bond donors (Lipinski definition) is 1. The van der Waals surface area contributed by atoms with Crippen molar-refractivity contribution in [2.45, 2.75) is 51.3 Å². The number of aromatic nitrogens is 6. The Morgan fingerprint density at radius 3 is 1.87 bits per heavy atom. The fraction of sp³-hybridized carbons (Fsp3) is 0.170. The Balaban J connectivity index is 1.22. The maximum absolute atomic E-state index is 14.0. The normalized spacial score (nSPS) is 12.2. The number of unbranched alkanes of at least 4 members (excludes halogenated alkanes) is 1. The summed E-state index contributed by atoms with van der Waals surface area (Å²) < 4.78 is 3.75. The SMILES string of the molecule is CCCCc1nc2ccc(C(C)O)cc2c(=O)n1Cc1ccc(-c2ccccc2-c2nnnn2C(c2ccccc2)(c2ccccc2)c2ccccc2)cc1. The monoisotopic (exact) mass is 722 g/mol. The second-order valence-corrected chi connectivity index (χ2v) is 13.9. The van der Waals surface area contributed by atoms with Gasteiger partial charge >= 0.3 is 0 Å². The van der Waals surface area contributed by atoms with Gasteiger partial charge in [-0.05, 0) is 74.8 Å². The Kier molecular flexibility index (Phi) is 9.98. The predicted octanol–water partition coefficient (Wildman–Crippen LogP) is 9.00. The first kappa shape index (κ1) is 35.5. The van der Waals surface area contributed by atoms with E-state index in [0.29, 0.717) is 35.3 Å². The molecule has 8 nitrogen and oxygen atoms in total. The first-order valence-electron chi connectivity index (χ1n) is 18.8. The molecule has 0 aliphatic rings. The van der Waals surface area contributed by atoms with Gasteiger partial charge in [0.25, 0.3) is 5.56 Å². The van der Waals surface area contributed by atoms with Crippen molar-refractivity contribution in [2.75, 3.05) is 0 Å². The highest BCUT2D eigenvalue weighted by Gasteiger charge is 2.42. The van der Waals surface area contributed by atoms with Crippen LogP contribution >= 0.6 is 0 Å². The molecule has 0 radical (unpaired) electrons. The summed E-state index contributed by atoms with van der Waals surface area (Å²) in [5.74, 6) is 1.39. The molecular weight excluding hydrogens is 681 g/mol. The van der Waals surface area contributed by atoms with Gasteiger partial charge in [-0.25, -0.2) is 9.67 Å². The molecule has 0 amide bonds. The summed E-state index contributed by atoms with van der Waals surface area (Å²) in [4.78, 5) is 18.9. The van der Waals surface area contributed by atoms with Gasteiger partial charge in [-0.15, -0.1) is 5.10 Å². The smallest absolute Gasteiger partial charge is 0.261 e. The van der Waals surface area contributed by atoms with Crippen LogP contribution in [0.1, 0.15) is 66.4 Å². The Morgan fingerprint density at radius 1 is 0.709 bits per heavy atom. The zero-order valence-electron chi connectivity index (χ0n) is 31.0. The Bertz CT molecular complexity index is 2500. The van der Waals surface area contributed by atoms with Crippen LogP contribution in [0.5, 0.6) is 0 Å². The number of nitrogens with zero attached hydrogens (tertiary/aromatic N) is 6. The summed E-state index contributed by atoms with van der Waals surface area (Å²) in [5.41, 5.74) is 7.30. The van der Waals surface area contributed by atoms with Crippen LogP contribution < -0.4 is 5.56 Å². The summed E-state index contributed by atoms with van der Waals surface area (Å²) in [6, 6.07) is 53.2. The predicted molar refractivity (Wildman–Crippen MR) is 218 cm³/mol. The van der Waals surface area contributed by atoms with Crippen molar-refractivity contribution < 1.29 is 5.11 Å². The summed E-state index contributed by atoms with van der Waals surface area (Å²) >= 11 is 0. The third-order valence-electron chi connectivity index (χ3n) is 10.4. The van der Waals surface area contributed by atoms with E-state index < -0.39 is 11.6 Å². The molecule has 8 heteroatoms. The van der Waals surface area contributed by atoms with Gasteiger partial charge in [-0.3, -0.25) is 9.36 Å². The second-order valence-electron chi connectivity index (χ2n) is 13.9. The number of aliphatic hydroxyl groups is 1. The molecule has 0 bridgehead atoms. The van der Waals surface area contributed by atoms with E-state index in [9.17, 15) is 9.90 Å². The number of hydrogen-bond acceptors (Lipinski definition) is 6. The van der Waals surface area contributed by atoms with Crippen molar-refractivity contribution in [3.8, 4) is 22.5 Å². The number of benzene rings is 6. The molecule has 2 heterocycles. The lowest BCUT2D eigenvalue weighted by Gasteiger charge is -2.36. The lowest BCUT2D eigenvalue weighted by Crippen LogP contribution is -2.39. The minimum Gasteiger partial charge on any atom is -0.389 e. The zero-order chi connectivity index (χ0) is 37.8. The number of aliphatic hydroxyl groups excluding tert-OH is 1. The number of fused-ring (bicyclic) bond motifs is 1. The lowest BCUT2D eigenvalue weighted by molar-refractivity contribution is 0.199. The molecule has 1 atom stereocenters. The van der Waals surface area contributed by atoms with Gasteiger partial charge in [0, 0.05) is 12.0 Å². The van der Waals surface area contributed by atoms with E-state index in [0.717, 1.165) is 57.6 Å². The maximum Gasteiger partial charge on any atom is 0.261 e. The molecule has 0 aliphatic heterocycles. The molecule has 272 valence electrons. The number of rotatable bonds is 12. The first-order chi connectivity index (χ1) is 27.0. The van der Waals surface area contributed by atoms with Crippen LogP contribution in [0, 0.1) is 0 Å². The Hall–Kier alpha value is -6.51. The molecule has 55 heavy (non-hydrogen) atoms. The molecule has 8 rings (SSSR count). The fourth-order valence-corrected chi connectivity index (χ4v) is 7.62. The van der Waals surface area contributed by atoms with Crippen molar-refractivity contribution in [3.05, 3.63) is 202 Å². The summed E-state index contributed by atoms with van der Waals surface area (Å²) in [7, 11) is 0. The average Bonchev–Trinajstić information content (AvgIpc) is 3.73. The molecule has 1 unspecified atom stereocenters. The highest BCUT2D eigenvalue weighted by atomic mass is 16.3. The highest BCUT2D eigenvalue weighted by Crippen LogP contribution is 2.43. The second kappa shape index (κ2) is 15.5. The molecule has 1 N–H and O–H groups in total. The van der Waals surface area contributed by atoms with Crippen molar-refractivity contribution in [1.82, 2.24) is 29.8 Å². The minimum absolute atomic E-state index is 0.0985. The molecule has 0 saturated heterocycles. The molecule has 2 aromatic heterocycles. The topological polar surface area (TPSA) is 98.7 Å². The molecule has 0 fully saturated rings. The van der Waals surface area contributed by atoms with Crippen molar-refractivity contribution in [2.24, 2.45) is 0 Å². The van der Waals surface area contributed by atoms with Crippen molar-refractivity contribution >= 4 is 10.9 Å². The van der Waals surface area contributed by atoms with E-state index in [1.54, 1.807) is 17.6 Å². The quantitative estimate of drug-likeness (QED) is 0.127. The van der Waals surface area contributed by atoms with Crippen LogP contribution in [-0.4, -0.2) is 34.9 Å². The maximum atomic E-state index is 14.0.